The first-order chi connectivity index (χ1) is 9.42. The van der Waals surface area contributed by atoms with Crippen LogP contribution in [0.1, 0.15) is 23.7 Å². The van der Waals surface area contributed by atoms with Crippen LogP contribution < -0.4 is 10.6 Å². The zero-order valence-electron chi connectivity index (χ0n) is 13.2. The topological polar surface area (TPSA) is 42.1 Å². The van der Waals surface area contributed by atoms with Crippen molar-refractivity contribution in [2.24, 2.45) is 11.7 Å². The number of anilines is 1. The fourth-order valence-corrected chi connectivity index (χ4v) is 2.65. The first-order valence-electron chi connectivity index (χ1n) is 7.20. The standard InChI is InChI=1S/C17H25N3/c1-11-6-14(7-12(2)10-18)17-15(8-11)16(20(4)5)9-13(3)19-17/h6,8-9,12H,7,10,18H2,1-5H3. The lowest BCUT2D eigenvalue weighted by Crippen LogP contribution is -2.14. The van der Waals surface area contributed by atoms with Gasteiger partial charge in [0.05, 0.1) is 5.52 Å². The maximum atomic E-state index is 5.78. The number of nitrogens with two attached hydrogens (primary N) is 1. The van der Waals surface area contributed by atoms with Gasteiger partial charge in [0.2, 0.25) is 0 Å². The van der Waals surface area contributed by atoms with Crippen molar-refractivity contribution in [3.63, 3.8) is 0 Å². The monoisotopic (exact) mass is 271 g/mol. The van der Waals surface area contributed by atoms with Gasteiger partial charge in [-0.1, -0.05) is 18.6 Å². The number of benzene rings is 1. The van der Waals surface area contributed by atoms with Crippen molar-refractivity contribution < 1.29 is 0 Å². The van der Waals surface area contributed by atoms with Crippen LogP contribution in [-0.2, 0) is 6.42 Å². The summed E-state index contributed by atoms with van der Waals surface area (Å²) >= 11 is 0. The highest BCUT2D eigenvalue weighted by molar-refractivity contribution is 5.94. The lowest BCUT2D eigenvalue weighted by atomic mass is 9.96. The Morgan fingerprint density at radius 3 is 2.50 bits per heavy atom. The van der Waals surface area contributed by atoms with Crippen molar-refractivity contribution in [1.29, 1.82) is 0 Å². The van der Waals surface area contributed by atoms with Gasteiger partial charge in [0.1, 0.15) is 0 Å². The van der Waals surface area contributed by atoms with E-state index in [-0.39, 0.29) is 0 Å². The van der Waals surface area contributed by atoms with Gasteiger partial charge in [-0.25, -0.2) is 0 Å². The Hall–Kier alpha value is -1.61. The minimum atomic E-state index is 0.477. The van der Waals surface area contributed by atoms with E-state index in [4.69, 9.17) is 10.7 Å². The van der Waals surface area contributed by atoms with Crippen molar-refractivity contribution in [1.82, 2.24) is 4.98 Å². The van der Waals surface area contributed by atoms with E-state index < -0.39 is 0 Å². The highest BCUT2D eigenvalue weighted by atomic mass is 15.1. The third-order valence-electron chi connectivity index (χ3n) is 3.70. The number of aryl methyl sites for hydroxylation is 2. The predicted molar refractivity (Wildman–Crippen MR) is 87.5 cm³/mol. The molecule has 3 heteroatoms. The van der Waals surface area contributed by atoms with Gasteiger partial charge in [-0.3, -0.25) is 4.98 Å². The summed E-state index contributed by atoms with van der Waals surface area (Å²) < 4.78 is 0. The van der Waals surface area contributed by atoms with E-state index in [1.54, 1.807) is 0 Å². The van der Waals surface area contributed by atoms with Crippen molar-refractivity contribution in [2.75, 3.05) is 25.5 Å². The maximum Gasteiger partial charge on any atom is 0.0758 e. The quantitative estimate of drug-likeness (QED) is 0.929. The molecule has 0 saturated carbocycles. The molecule has 1 aromatic carbocycles. The van der Waals surface area contributed by atoms with E-state index in [2.05, 4.69) is 58.0 Å². The minimum Gasteiger partial charge on any atom is -0.377 e. The molecule has 1 unspecified atom stereocenters. The van der Waals surface area contributed by atoms with E-state index in [0.29, 0.717) is 12.5 Å². The van der Waals surface area contributed by atoms with Crippen molar-refractivity contribution >= 4 is 16.6 Å². The molecular weight excluding hydrogens is 246 g/mol. The number of hydrogen-bond donors (Lipinski definition) is 1. The zero-order valence-corrected chi connectivity index (χ0v) is 13.2. The Kier molecular flexibility index (Phi) is 4.29. The van der Waals surface area contributed by atoms with Crippen molar-refractivity contribution in [3.05, 3.63) is 35.0 Å². The summed E-state index contributed by atoms with van der Waals surface area (Å²) in [5.74, 6) is 0.477. The molecule has 0 spiro atoms. The van der Waals surface area contributed by atoms with Crippen LogP contribution in [-0.4, -0.2) is 25.6 Å². The molecule has 0 bridgehead atoms. The lowest BCUT2D eigenvalue weighted by Gasteiger charge is -2.19. The lowest BCUT2D eigenvalue weighted by molar-refractivity contribution is 0.594. The SMILES string of the molecule is Cc1cc(CC(C)CN)c2nc(C)cc(N(C)C)c2c1. The number of hydrogen-bond acceptors (Lipinski definition) is 3. The van der Waals surface area contributed by atoms with Gasteiger partial charge in [-0.05, 0) is 50.4 Å². The molecule has 0 aliphatic rings. The van der Waals surface area contributed by atoms with Gasteiger partial charge in [0.15, 0.2) is 0 Å². The van der Waals surface area contributed by atoms with E-state index >= 15 is 0 Å². The molecule has 0 aliphatic heterocycles. The third-order valence-corrected chi connectivity index (χ3v) is 3.70. The largest absolute Gasteiger partial charge is 0.377 e. The fraction of sp³-hybridized carbons (Fsp3) is 0.471. The minimum absolute atomic E-state index is 0.477. The third kappa shape index (κ3) is 2.93. The molecule has 0 fully saturated rings. The van der Waals surface area contributed by atoms with Gasteiger partial charge >= 0.3 is 0 Å². The Morgan fingerprint density at radius 1 is 1.20 bits per heavy atom. The Labute approximate surface area is 121 Å². The summed E-state index contributed by atoms with van der Waals surface area (Å²) in [4.78, 5) is 6.94. The highest BCUT2D eigenvalue weighted by Crippen LogP contribution is 2.30. The summed E-state index contributed by atoms with van der Waals surface area (Å²) in [6.07, 6.45) is 0.984. The number of rotatable bonds is 4. The normalized spacial score (nSPS) is 12.7. The van der Waals surface area contributed by atoms with Crippen LogP contribution >= 0.6 is 0 Å². The van der Waals surface area contributed by atoms with Crippen LogP contribution in [0.25, 0.3) is 10.9 Å². The molecule has 0 aliphatic carbocycles. The molecule has 0 radical (unpaired) electrons. The molecule has 2 N–H and O–H groups in total. The van der Waals surface area contributed by atoms with Gasteiger partial charge in [-0.2, -0.15) is 0 Å². The summed E-state index contributed by atoms with van der Waals surface area (Å²) in [7, 11) is 4.16. The molecule has 2 rings (SSSR count). The van der Waals surface area contributed by atoms with Crippen LogP contribution in [0.4, 0.5) is 5.69 Å². The van der Waals surface area contributed by atoms with Crippen molar-refractivity contribution in [2.45, 2.75) is 27.2 Å². The summed E-state index contributed by atoms with van der Waals surface area (Å²) in [6.45, 7) is 7.11. The predicted octanol–water partition coefficient (Wildman–Crippen LogP) is 3.05. The molecule has 20 heavy (non-hydrogen) atoms. The second-order valence-electron chi connectivity index (χ2n) is 6.04. The van der Waals surface area contributed by atoms with E-state index in [1.165, 1.54) is 22.2 Å². The first kappa shape index (κ1) is 14.8. The Bertz CT molecular complexity index is 617. The molecule has 1 atom stereocenters. The van der Waals surface area contributed by atoms with Crippen LogP contribution in [0.3, 0.4) is 0 Å². The molecule has 1 aromatic heterocycles. The van der Waals surface area contributed by atoms with E-state index in [9.17, 15) is 0 Å². The van der Waals surface area contributed by atoms with E-state index in [0.717, 1.165) is 17.6 Å². The number of nitrogens with zero attached hydrogens (tertiary/aromatic N) is 2. The molecule has 108 valence electrons. The van der Waals surface area contributed by atoms with Gasteiger partial charge < -0.3 is 10.6 Å². The second kappa shape index (κ2) is 5.80. The summed E-state index contributed by atoms with van der Waals surface area (Å²) in [6, 6.07) is 6.63. The summed E-state index contributed by atoms with van der Waals surface area (Å²) in [5.41, 5.74) is 11.8. The average molecular weight is 271 g/mol. The molecular formula is C17H25N3. The summed E-state index contributed by atoms with van der Waals surface area (Å²) in [5, 5.41) is 1.24. The van der Waals surface area contributed by atoms with Gasteiger partial charge in [0, 0.05) is 30.9 Å². The molecule has 0 amide bonds. The smallest absolute Gasteiger partial charge is 0.0758 e. The number of fused-ring (bicyclic) bond motifs is 1. The highest BCUT2D eigenvalue weighted by Gasteiger charge is 2.12. The molecule has 1 heterocycles. The fourth-order valence-electron chi connectivity index (χ4n) is 2.65. The van der Waals surface area contributed by atoms with Gasteiger partial charge in [-0.15, -0.1) is 0 Å². The van der Waals surface area contributed by atoms with Crippen LogP contribution in [0, 0.1) is 19.8 Å². The second-order valence-corrected chi connectivity index (χ2v) is 6.04. The zero-order chi connectivity index (χ0) is 14.9. The maximum absolute atomic E-state index is 5.78. The van der Waals surface area contributed by atoms with Crippen LogP contribution in [0.2, 0.25) is 0 Å². The average Bonchev–Trinajstić information content (AvgIpc) is 2.38. The van der Waals surface area contributed by atoms with Gasteiger partial charge in [0.25, 0.3) is 0 Å². The van der Waals surface area contributed by atoms with Crippen LogP contribution in [0.15, 0.2) is 18.2 Å². The van der Waals surface area contributed by atoms with Crippen molar-refractivity contribution in [3.8, 4) is 0 Å². The molecule has 0 saturated heterocycles. The Morgan fingerprint density at radius 2 is 1.90 bits per heavy atom. The van der Waals surface area contributed by atoms with Crippen LogP contribution in [0.5, 0.6) is 0 Å². The number of pyridine rings is 1. The molecule has 2 aromatic rings. The van der Waals surface area contributed by atoms with E-state index in [1.807, 2.05) is 0 Å². The molecule has 3 nitrogen and oxygen atoms in total. The Balaban J connectivity index is 2.69. The number of aromatic nitrogens is 1. The first-order valence-corrected chi connectivity index (χ1v) is 7.20.